The van der Waals surface area contributed by atoms with Crippen molar-refractivity contribution in [2.75, 3.05) is 31.1 Å². The van der Waals surface area contributed by atoms with Gasteiger partial charge in [-0.2, -0.15) is 0 Å². The van der Waals surface area contributed by atoms with Crippen molar-refractivity contribution in [3.05, 3.63) is 82.0 Å². The molecule has 1 N–H and O–H groups in total. The van der Waals surface area contributed by atoms with Gasteiger partial charge >= 0.3 is 0 Å². The molecule has 1 saturated heterocycles. The van der Waals surface area contributed by atoms with Gasteiger partial charge in [0, 0.05) is 42.8 Å². The highest BCUT2D eigenvalue weighted by molar-refractivity contribution is 7.17. The zero-order valence-electron chi connectivity index (χ0n) is 16.3. The third-order valence-corrected chi connectivity index (χ3v) is 6.39. The Morgan fingerprint density at radius 2 is 1.73 bits per heavy atom. The van der Waals surface area contributed by atoms with Gasteiger partial charge in [0.05, 0.1) is 11.9 Å². The minimum atomic E-state index is -0.216. The number of anilines is 1. The van der Waals surface area contributed by atoms with Crippen molar-refractivity contribution < 1.29 is 4.39 Å². The molecule has 7 heteroatoms. The van der Waals surface area contributed by atoms with Crippen LogP contribution in [0.2, 0.25) is 0 Å². The van der Waals surface area contributed by atoms with Crippen molar-refractivity contribution in [1.82, 2.24) is 14.9 Å². The monoisotopic (exact) mass is 420 g/mol. The highest BCUT2D eigenvalue weighted by Crippen LogP contribution is 2.30. The number of hydrogen-bond acceptors (Lipinski definition) is 5. The number of aromatic amines is 1. The van der Waals surface area contributed by atoms with Gasteiger partial charge in [-0.3, -0.25) is 9.69 Å². The summed E-state index contributed by atoms with van der Waals surface area (Å²) in [4.78, 5) is 25.8. The van der Waals surface area contributed by atoms with Gasteiger partial charge in [0.2, 0.25) is 0 Å². The van der Waals surface area contributed by atoms with Crippen LogP contribution in [0.15, 0.2) is 64.8 Å². The normalized spacial score (nSPS) is 15.0. The van der Waals surface area contributed by atoms with E-state index in [0.717, 1.165) is 47.8 Å². The topological polar surface area (TPSA) is 52.2 Å². The van der Waals surface area contributed by atoms with E-state index in [1.165, 1.54) is 23.5 Å². The molecule has 1 fully saturated rings. The van der Waals surface area contributed by atoms with Gasteiger partial charge in [-0.05, 0) is 29.8 Å². The lowest BCUT2D eigenvalue weighted by atomic mass is 10.1. The van der Waals surface area contributed by atoms with Crippen LogP contribution in [0, 0.1) is 5.82 Å². The second-order valence-electron chi connectivity index (χ2n) is 7.45. The van der Waals surface area contributed by atoms with Gasteiger partial charge < -0.3 is 9.88 Å². The van der Waals surface area contributed by atoms with Crippen LogP contribution in [-0.4, -0.2) is 41.0 Å². The quantitative estimate of drug-likeness (QED) is 0.540. The number of nitrogens with zero attached hydrogens (tertiary/aromatic N) is 3. The lowest BCUT2D eigenvalue weighted by Crippen LogP contribution is -2.46. The number of piperazine rings is 1. The molecule has 5 nitrogen and oxygen atoms in total. The standard InChI is InChI=1S/C23H21FN4OS/c24-17-6-8-18(9-7-17)28-12-10-27(11-13-28)14-20-25-22(29)21-19(15-30-23(21)26-20)16-4-2-1-3-5-16/h1-9,15H,10-14H2,(H,25,26,29). The Morgan fingerprint density at radius 3 is 2.47 bits per heavy atom. The SMILES string of the molecule is O=c1[nH]c(CN2CCN(c3ccc(F)cc3)CC2)nc2scc(-c3ccccc3)c12. The van der Waals surface area contributed by atoms with E-state index in [0.29, 0.717) is 17.8 Å². The van der Waals surface area contributed by atoms with E-state index in [4.69, 9.17) is 4.98 Å². The number of benzene rings is 2. The average molecular weight is 421 g/mol. The van der Waals surface area contributed by atoms with E-state index >= 15 is 0 Å². The molecule has 152 valence electrons. The molecule has 0 spiro atoms. The average Bonchev–Trinajstić information content (AvgIpc) is 3.20. The highest BCUT2D eigenvalue weighted by atomic mass is 32.1. The molecule has 1 aliphatic heterocycles. The molecule has 1 aliphatic rings. The van der Waals surface area contributed by atoms with Crippen molar-refractivity contribution >= 4 is 27.2 Å². The summed E-state index contributed by atoms with van der Waals surface area (Å²) in [6.07, 6.45) is 0. The van der Waals surface area contributed by atoms with Crippen LogP contribution >= 0.6 is 11.3 Å². The first kappa shape index (κ1) is 19.0. The highest BCUT2D eigenvalue weighted by Gasteiger charge is 2.19. The molecule has 3 heterocycles. The van der Waals surface area contributed by atoms with Crippen molar-refractivity contribution in [1.29, 1.82) is 0 Å². The first-order chi connectivity index (χ1) is 14.7. The van der Waals surface area contributed by atoms with E-state index in [9.17, 15) is 9.18 Å². The Bertz CT molecular complexity index is 1210. The molecular formula is C23H21FN4OS. The minimum Gasteiger partial charge on any atom is -0.369 e. The van der Waals surface area contributed by atoms with Crippen molar-refractivity contribution in [3.63, 3.8) is 0 Å². The zero-order valence-corrected chi connectivity index (χ0v) is 17.2. The van der Waals surface area contributed by atoms with Crippen LogP contribution in [0.1, 0.15) is 5.82 Å². The Hall–Kier alpha value is -3.03. The lowest BCUT2D eigenvalue weighted by Gasteiger charge is -2.35. The molecule has 0 aliphatic carbocycles. The molecule has 0 saturated carbocycles. The van der Waals surface area contributed by atoms with Gasteiger partial charge in [0.15, 0.2) is 0 Å². The summed E-state index contributed by atoms with van der Waals surface area (Å²) in [5.74, 6) is 0.482. The fraction of sp³-hybridized carbons (Fsp3) is 0.217. The Morgan fingerprint density at radius 1 is 1.00 bits per heavy atom. The number of rotatable bonds is 4. The third-order valence-electron chi connectivity index (χ3n) is 5.52. The summed E-state index contributed by atoms with van der Waals surface area (Å²) in [5.41, 5.74) is 2.92. The molecular weight excluding hydrogens is 399 g/mol. The maximum absolute atomic E-state index is 13.1. The molecule has 0 unspecified atom stereocenters. The smallest absolute Gasteiger partial charge is 0.260 e. The minimum absolute atomic E-state index is 0.0833. The summed E-state index contributed by atoms with van der Waals surface area (Å²) < 4.78 is 13.1. The van der Waals surface area contributed by atoms with Crippen molar-refractivity contribution in [2.24, 2.45) is 0 Å². The Kier molecular flexibility index (Phi) is 5.06. The summed E-state index contributed by atoms with van der Waals surface area (Å²) in [5, 5.41) is 2.67. The maximum atomic E-state index is 13.1. The molecule has 2 aromatic carbocycles. The summed E-state index contributed by atoms with van der Waals surface area (Å²) in [6, 6.07) is 16.6. The van der Waals surface area contributed by atoms with Gasteiger partial charge in [-0.15, -0.1) is 11.3 Å². The van der Waals surface area contributed by atoms with Gasteiger partial charge in [0.1, 0.15) is 16.5 Å². The molecule has 0 atom stereocenters. The third kappa shape index (κ3) is 3.74. The van der Waals surface area contributed by atoms with Gasteiger partial charge in [0.25, 0.3) is 5.56 Å². The number of hydrogen-bond donors (Lipinski definition) is 1. The van der Waals surface area contributed by atoms with Crippen LogP contribution in [0.4, 0.5) is 10.1 Å². The van der Waals surface area contributed by atoms with Crippen LogP contribution < -0.4 is 10.5 Å². The first-order valence-electron chi connectivity index (χ1n) is 9.96. The predicted octanol–water partition coefficient (Wildman–Crippen LogP) is 4.11. The van der Waals surface area contributed by atoms with E-state index in [1.54, 1.807) is 0 Å². The molecule has 4 aromatic rings. The first-order valence-corrected chi connectivity index (χ1v) is 10.8. The van der Waals surface area contributed by atoms with Crippen LogP contribution in [0.5, 0.6) is 0 Å². The summed E-state index contributed by atoms with van der Waals surface area (Å²) >= 11 is 1.51. The predicted molar refractivity (Wildman–Crippen MR) is 120 cm³/mol. The second kappa shape index (κ2) is 8.01. The Balaban J connectivity index is 1.31. The molecule has 30 heavy (non-hydrogen) atoms. The molecule has 2 aromatic heterocycles. The summed E-state index contributed by atoms with van der Waals surface area (Å²) in [7, 11) is 0. The fourth-order valence-corrected chi connectivity index (χ4v) is 4.89. The van der Waals surface area contributed by atoms with Crippen LogP contribution in [0.3, 0.4) is 0 Å². The van der Waals surface area contributed by atoms with Crippen molar-refractivity contribution in [2.45, 2.75) is 6.54 Å². The molecule has 0 radical (unpaired) electrons. The van der Waals surface area contributed by atoms with E-state index in [2.05, 4.69) is 14.8 Å². The number of nitrogens with one attached hydrogen (secondary N) is 1. The second-order valence-corrected chi connectivity index (χ2v) is 8.31. The summed E-state index contributed by atoms with van der Waals surface area (Å²) in [6.45, 7) is 4.04. The Labute approximate surface area is 177 Å². The number of aromatic nitrogens is 2. The largest absolute Gasteiger partial charge is 0.369 e. The zero-order chi connectivity index (χ0) is 20.5. The maximum Gasteiger partial charge on any atom is 0.260 e. The number of H-pyrrole nitrogens is 1. The van der Waals surface area contributed by atoms with Gasteiger partial charge in [-0.1, -0.05) is 30.3 Å². The van der Waals surface area contributed by atoms with E-state index < -0.39 is 0 Å². The van der Waals surface area contributed by atoms with Crippen LogP contribution in [-0.2, 0) is 6.54 Å². The van der Waals surface area contributed by atoms with Crippen molar-refractivity contribution in [3.8, 4) is 11.1 Å². The van der Waals surface area contributed by atoms with E-state index in [-0.39, 0.29) is 11.4 Å². The molecule has 5 rings (SSSR count). The molecule has 0 amide bonds. The molecule has 0 bridgehead atoms. The lowest BCUT2D eigenvalue weighted by molar-refractivity contribution is 0.244. The van der Waals surface area contributed by atoms with Crippen LogP contribution in [0.25, 0.3) is 21.3 Å². The fourth-order valence-electron chi connectivity index (χ4n) is 3.93. The number of halogens is 1. The van der Waals surface area contributed by atoms with Gasteiger partial charge in [-0.25, -0.2) is 9.37 Å². The van der Waals surface area contributed by atoms with E-state index in [1.807, 2.05) is 47.8 Å². The number of fused-ring (bicyclic) bond motifs is 1. The number of thiophene rings is 1.